The molecule has 2 saturated heterocycles. The molecule has 33 heavy (non-hydrogen) atoms. The molecule has 3 atom stereocenters. The predicted molar refractivity (Wildman–Crippen MR) is 126 cm³/mol. The van der Waals surface area contributed by atoms with Crippen LogP contribution >= 0.6 is 0 Å². The van der Waals surface area contributed by atoms with Gasteiger partial charge in [-0.05, 0) is 37.1 Å². The van der Waals surface area contributed by atoms with Gasteiger partial charge >= 0.3 is 0 Å². The van der Waals surface area contributed by atoms with E-state index >= 15 is 0 Å². The number of nitriles is 1. The standard InChI is InChI=1S/C25H25N7O/c1-15-17(9-26)4-3-5-20(15)16(2)29-24-21-8-23(31-11-18-13-33-14-19(18)12-31)28-10-22(21)32-7-6-27-25(32)30-24/h3-8,10,16,18-19H,11-14H2,1-2H3,(H,27,29,30)/t16-,18-,19+/m1/s1. The minimum atomic E-state index is -0.0358. The summed E-state index contributed by atoms with van der Waals surface area (Å²) in [7, 11) is 0. The Kier molecular flexibility index (Phi) is 4.66. The molecule has 8 nitrogen and oxygen atoms in total. The van der Waals surface area contributed by atoms with E-state index in [0.717, 1.165) is 60.0 Å². The van der Waals surface area contributed by atoms with Crippen LogP contribution in [0.4, 0.5) is 11.6 Å². The van der Waals surface area contributed by atoms with E-state index in [1.54, 1.807) is 6.20 Å². The zero-order valence-corrected chi connectivity index (χ0v) is 18.7. The van der Waals surface area contributed by atoms with Crippen molar-refractivity contribution in [3.8, 4) is 6.07 Å². The third-order valence-electron chi connectivity index (χ3n) is 7.10. The van der Waals surface area contributed by atoms with Gasteiger partial charge in [0.2, 0.25) is 5.78 Å². The van der Waals surface area contributed by atoms with Crippen molar-refractivity contribution < 1.29 is 4.74 Å². The fourth-order valence-electron chi connectivity index (χ4n) is 5.23. The Labute approximate surface area is 191 Å². The number of benzene rings is 1. The zero-order valence-electron chi connectivity index (χ0n) is 18.7. The first-order valence-corrected chi connectivity index (χ1v) is 11.3. The van der Waals surface area contributed by atoms with Gasteiger partial charge in [0.05, 0.1) is 42.6 Å². The van der Waals surface area contributed by atoms with Crippen molar-refractivity contribution in [2.75, 3.05) is 36.5 Å². The number of ether oxygens (including phenoxy) is 1. The molecule has 2 aliphatic rings. The summed E-state index contributed by atoms with van der Waals surface area (Å²) >= 11 is 0. The molecule has 0 unspecified atom stereocenters. The molecule has 8 heteroatoms. The van der Waals surface area contributed by atoms with E-state index in [1.165, 1.54) is 0 Å². The maximum absolute atomic E-state index is 9.43. The maximum atomic E-state index is 9.43. The Morgan fingerprint density at radius 3 is 2.82 bits per heavy atom. The number of imidazole rings is 1. The minimum absolute atomic E-state index is 0.0358. The summed E-state index contributed by atoms with van der Waals surface area (Å²) in [5, 5.41) is 14.0. The van der Waals surface area contributed by atoms with E-state index < -0.39 is 0 Å². The van der Waals surface area contributed by atoms with Crippen molar-refractivity contribution >= 4 is 28.3 Å². The van der Waals surface area contributed by atoms with Gasteiger partial charge in [-0.25, -0.2) is 9.97 Å². The fraction of sp³-hybridized carbons (Fsp3) is 0.360. The fourth-order valence-corrected chi connectivity index (χ4v) is 5.23. The molecule has 6 rings (SSSR count). The number of fused-ring (bicyclic) bond motifs is 4. The maximum Gasteiger partial charge on any atom is 0.236 e. The van der Waals surface area contributed by atoms with Crippen LogP contribution in [0.2, 0.25) is 0 Å². The van der Waals surface area contributed by atoms with Crippen LogP contribution in [-0.2, 0) is 4.74 Å². The van der Waals surface area contributed by atoms with Crippen molar-refractivity contribution in [2.24, 2.45) is 11.8 Å². The summed E-state index contributed by atoms with van der Waals surface area (Å²) in [4.78, 5) is 16.4. The zero-order chi connectivity index (χ0) is 22.5. The Morgan fingerprint density at radius 2 is 2.03 bits per heavy atom. The summed E-state index contributed by atoms with van der Waals surface area (Å²) in [5.41, 5.74) is 3.71. The van der Waals surface area contributed by atoms with E-state index in [4.69, 9.17) is 14.7 Å². The summed E-state index contributed by atoms with van der Waals surface area (Å²) in [6.07, 6.45) is 5.59. The Morgan fingerprint density at radius 1 is 1.21 bits per heavy atom. The lowest BCUT2D eigenvalue weighted by Crippen LogP contribution is -2.23. The summed E-state index contributed by atoms with van der Waals surface area (Å²) in [6.45, 7) is 7.73. The normalized spacial score (nSPS) is 20.8. The van der Waals surface area contributed by atoms with Crippen molar-refractivity contribution in [1.29, 1.82) is 5.26 Å². The van der Waals surface area contributed by atoms with Crippen LogP contribution in [0.25, 0.3) is 16.7 Å². The first-order valence-electron chi connectivity index (χ1n) is 11.3. The Balaban J connectivity index is 1.41. The molecule has 166 valence electrons. The second kappa shape index (κ2) is 7.71. The van der Waals surface area contributed by atoms with Crippen LogP contribution in [-0.4, -0.2) is 45.7 Å². The first-order chi connectivity index (χ1) is 16.1. The molecule has 0 radical (unpaired) electrons. The van der Waals surface area contributed by atoms with Gasteiger partial charge in [0.15, 0.2) is 0 Å². The summed E-state index contributed by atoms with van der Waals surface area (Å²) in [5.74, 6) is 3.54. The molecule has 0 spiro atoms. The minimum Gasteiger partial charge on any atom is -0.381 e. The highest BCUT2D eigenvalue weighted by Crippen LogP contribution is 2.34. The highest BCUT2D eigenvalue weighted by molar-refractivity contribution is 5.92. The van der Waals surface area contributed by atoms with Gasteiger partial charge < -0.3 is 15.0 Å². The van der Waals surface area contributed by atoms with E-state index in [2.05, 4.69) is 40.3 Å². The number of nitrogens with one attached hydrogen (secondary N) is 1. The second-order valence-corrected chi connectivity index (χ2v) is 9.08. The van der Waals surface area contributed by atoms with Crippen LogP contribution in [0.5, 0.6) is 0 Å². The second-order valence-electron chi connectivity index (χ2n) is 9.08. The van der Waals surface area contributed by atoms with Crippen LogP contribution in [0.3, 0.4) is 0 Å². The largest absolute Gasteiger partial charge is 0.381 e. The summed E-state index contributed by atoms with van der Waals surface area (Å²) in [6, 6.07) is 10.2. The van der Waals surface area contributed by atoms with Gasteiger partial charge in [0.25, 0.3) is 0 Å². The molecule has 2 fully saturated rings. The Bertz CT molecular complexity index is 1390. The lowest BCUT2D eigenvalue weighted by atomic mass is 9.98. The van der Waals surface area contributed by atoms with Gasteiger partial charge in [0.1, 0.15) is 11.6 Å². The molecule has 1 aromatic carbocycles. The van der Waals surface area contributed by atoms with Gasteiger partial charge in [0, 0.05) is 42.7 Å². The Hall–Kier alpha value is -3.70. The molecule has 1 N–H and O–H groups in total. The van der Waals surface area contributed by atoms with E-state index in [9.17, 15) is 5.26 Å². The van der Waals surface area contributed by atoms with E-state index in [0.29, 0.717) is 23.2 Å². The lowest BCUT2D eigenvalue weighted by molar-refractivity contribution is 0.177. The van der Waals surface area contributed by atoms with Gasteiger partial charge in [-0.2, -0.15) is 10.2 Å². The molecule has 0 aliphatic carbocycles. The monoisotopic (exact) mass is 439 g/mol. The molecular formula is C25H25N7O. The number of rotatable bonds is 4. The van der Waals surface area contributed by atoms with Crippen LogP contribution in [0.15, 0.2) is 42.9 Å². The molecule has 0 bridgehead atoms. The molecular weight excluding hydrogens is 414 g/mol. The topological polar surface area (TPSA) is 91.4 Å². The number of anilines is 2. The highest BCUT2D eigenvalue weighted by Gasteiger charge is 2.37. The van der Waals surface area contributed by atoms with Gasteiger partial charge in [-0.3, -0.25) is 4.40 Å². The molecule has 4 aromatic rings. The van der Waals surface area contributed by atoms with E-state index in [1.807, 2.05) is 35.9 Å². The number of pyridine rings is 1. The smallest absolute Gasteiger partial charge is 0.236 e. The van der Waals surface area contributed by atoms with Crippen molar-refractivity contribution in [2.45, 2.75) is 19.9 Å². The number of hydrogen-bond donors (Lipinski definition) is 1. The highest BCUT2D eigenvalue weighted by atomic mass is 16.5. The van der Waals surface area contributed by atoms with Crippen molar-refractivity contribution in [3.05, 3.63) is 59.5 Å². The van der Waals surface area contributed by atoms with Crippen molar-refractivity contribution in [1.82, 2.24) is 19.4 Å². The molecule has 2 aliphatic heterocycles. The SMILES string of the molecule is Cc1c(C#N)cccc1[C@@H](C)Nc1nc2nccn2c2cnc(N3C[C@H]4COC[C@H]4C3)cc12. The molecule has 0 saturated carbocycles. The summed E-state index contributed by atoms with van der Waals surface area (Å²) < 4.78 is 7.61. The van der Waals surface area contributed by atoms with Crippen LogP contribution in [0, 0.1) is 30.1 Å². The van der Waals surface area contributed by atoms with Crippen LogP contribution in [0.1, 0.15) is 29.7 Å². The third kappa shape index (κ3) is 3.28. The van der Waals surface area contributed by atoms with Gasteiger partial charge in [-0.15, -0.1) is 0 Å². The molecule has 5 heterocycles. The number of hydrogen-bond acceptors (Lipinski definition) is 7. The third-order valence-corrected chi connectivity index (χ3v) is 7.10. The first kappa shape index (κ1) is 19.9. The molecule has 3 aromatic heterocycles. The van der Waals surface area contributed by atoms with Gasteiger partial charge in [-0.1, -0.05) is 12.1 Å². The number of aromatic nitrogens is 4. The van der Waals surface area contributed by atoms with E-state index in [-0.39, 0.29) is 6.04 Å². The lowest BCUT2D eigenvalue weighted by Gasteiger charge is -2.21. The number of nitrogens with zero attached hydrogens (tertiary/aromatic N) is 6. The molecule has 0 amide bonds. The van der Waals surface area contributed by atoms with Crippen LogP contribution < -0.4 is 10.2 Å². The quantitative estimate of drug-likeness (QED) is 0.518. The average molecular weight is 440 g/mol. The average Bonchev–Trinajstić information content (AvgIpc) is 3.55. The van der Waals surface area contributed by atoms with Crippen molar-refractivity contribution in [3.63, 3.8) is 0 Å². The predicted octanol–water partition coefficient (Wildman–Crippen LogP) is 3.71.